The number of urea groups is 1. The van der Waals surface area contributed by atoms with Crippen LogP contribution >= 0.6 is 0 Å². The molecule has 1 fully saturated rings. The van der Waals surface area contributed by atoms with Crippen LogP contribution in [-0.2, 0) is 6.54 Å². The van der Waals surface area contributed by atoms with Crippen molar-refractivity contribution < 1.29 is 4.79 Å². The second kappa shape index (κ2) is 8.03. The number of amides is 2. The molecule has 1 saturated heterocycles. The van der Waals surface area contributed by atoms with Gasteiger partial charge in [-0.2, -0.15) is 0 Å². The van der Waals surface area contributed by atoms with E-state index in [0.717, 1.165) is 37.0 Å². The second-order valence-corrected chi connectivity index (χ2v) is 6.30. The van der Waals surface area contributed by atoms with E-state index in [1.54, 1.807) is 0 Å². The third-order valence-electron chi connectivity index (χ3n) is 3.95. The Kier molecular flexibility index (Phi) is 6.05. The fourth-order valence-electron chi connectivity index (χ4n) is 3.14. The average molecular weight is 289 g/mol. The summed E-state index contributed by atoms with van der Waals surface area (Å²) in [6.07, 6.45) is 1.32. The Morgan fingerprint density at radius 3 is 2.48 bits per heavy atom. The molecule has 2 rings (SSSR count). The lowest BCUT2D eigenvalue weighted by Crippen LogP contribution is -2.44. The average Bonchev–Trinajstić information content (AvgIpc) is 2.45. The van der Waals surface area contributed by atoms with Gasteiger partial charge in [0.2, 0.25) is 0 Å². The third kappa shape index (κ3) is 5.76. The first-order valence-electron chi connectivity index (χ1n) is 7.91. The molecule has 2 amide bonds. The van der Waals surface area contributed by atoms with Crippen molar-refractivity contribution in [2.45, 2.75) is 26.8 Å². The molecule has 1 heterocycles. The summed E-state index contributed by atoms with van der Waals surface area (Å²) < 4.78 is 0. The summed E-state index contributed by atoms with van der Waals surface area (Å²) in [5, 5.41) is 5.82. The van der Waals surface area contributed by atoms with E-state index in [1.165, 1.54) is 6.42 Å². The van der Waals surface area contributed by atoms with Gasteiger partial charge in [0.1, 0.15) is 0 Å². The molecule has 0 unspecified atom stereocenters. The highest BCUT2D eigenvalue weighted by molar-refractivity contribution is 5.73. The molecule has 4 nitrogen and oxygen atoms in total. The third-order valence-corrected chi connectivity index (χ3v) is 3.95. The molecule has 4 heteroatoms. The van der Waals surface area contributed by atoms with Crippen LogP contribution in [0.25, 0.3) is 0 Å². The van der Waals surface area contributed by atoms with Crippen molar-refractivity contribution in [2.24, 2.45) is 11.8 Å². The Morgan fingerprint density at radius 2 is 1.81 bits per heavy atom. The normalized spacial score (nSPS) is 22.8. The van der Waals surface area contributed by atoms with Gasteiger partial charge < -0.3 is 15.5 Å². The predicted molar refractivity (Wildman–Crippen MR) is 86.1 cm³/mol. The Balaban J connectivity index is 1.61. The molecule has 2 N–H and O–H groups in total. The molecule has 2 atom stereocenters. The maximum absolute atomic E-state index is 11.7. The minimum atomic E-state index is -0.0861. The van der Waals surface area contributed by atoms with Crippen LogP contribution in [0.4, 0.5) is 4.79 Å². The number of nitrogens with zero attached hydrogens (tertiary/aromatic N) is 1. The van der Waals surface area contributed by atoms with Crippen molar-refractivity contribution in [3.8, 4) is 0 Å². The van der Waals surface area contributed by atoms with Crippen LogP contribution in [0, 0.1) is 11.8 Å². The zero-order chi connectivity index (χ0) is 15.1. The van der Waals surface area contributed by atoms with Crippen LogP contribution in [0.1, 0.15) is 25.8 Å². The highest BCUT2D eigenvalue weighted by Gasteiger charge is 2.21. The standard InChI is InChI=1S/C17H27N3O/c1-14-10-15(2)13-20(12-14)9-8-18-17(21)19-11-16-6-4-3-5-7-16/h3-7,14-15H,8-13H2,1-2H3,(H2,18,19,21)/t14-,15+. The van der Waals surface area contributed by atoms with E-state index in [1.807, 2.05) is 30.3 Å². The lowest BCUT2D eigenvalue weighted by atomic mass is 9.92. The van der Waals surface area contributed by atoms with Gasteiger partial charge in [-0.05, 0) is 23.8 Å². The molecule has 1 aromatic carbocycles. The summed E-state index contributed by atoms with van der Waals surface area (Å²) in [6, 6.07) is 9.87. The number of piperidine rings is 1. The van der Waals surface area contributed by atoms with Crippen LogP contribution in [-0.4, -0.2) is 37.1 Å². The van der Waals surface area contributed by atoms with Gasteiger partial charge in [0.25, 0.3) is 0 Å². The Bertz CT molecular complexity index is 425. The van der Waals surface area contributed by atoms with Crippen LogP contribution in [0.15, 0.2) is 30.3 Å². The van der Waals surface area contributed by atoms with Gasteiger partial charge in [0.15, 0.2) is 0 Å². The molecule has 1 aliphatic rings. The van der Waals surface area contributed by atoms with Crippen molar-refractivity contribution in [1.82, 2.24) is 15.5 Å². The second-order valence-electron chi connectivity index (χ2n) is 6.30. The smallest absolute Gasteiger partial charge is 0.315 e. The van der Waals surface area contributed by atoms with Crippen LogP contribution in [0.5, 0.6) is 0 Å². The van der Waals surface area contributed by atoms with Crippen molar-refractivity contribution in [1.29, 1.82) is 0 Å². The van der Waals surface area contributed by atoms with Crippen molar-refractivity contribution in [3.05, 3.63) is 35.9 Å². The maximum Gasteiger partial charge on any atom is 0.315 e. The van der Waals surface area contributed by atoms with E-state index in [9.17, 15) is 4.79 Å². The zero-order valence-corrected chi connectivity index (χ0v) is 13.1. The number of nitrogens with one attached hydrogen (secondary N) is 2. The van der Waals surface area contributed by atoms with E-state index >= 15 is 0 Å². The number of benzene rings is 1. The number of carbonyl (C=O) groups is 1. The first-order valence-corrected chi connectivity index (χ1v) is 7.91. The zero-order valence-electron chi connectivity index (χ0n) is 13.1. The summed E-state index contributed by atoms with van der Waals surface area (Å²) in [5.74, 6) is 1.53. The maximum atomic E-state index is 11.7. The highest BCUT2D eigenvalue weighted by Crippen LogP contribution is 2.20. The topological polar surface area (TPSA) is 44.4 Å². The number of likely N-dealkylation sites (tertiary alicyclic amines) is 1. The lowest BCUT2D eigenvalue weighted by molar-refractivity contribution is 0.142. The van der Waals surface area contributed by atoms with Crippen molar-refractivity contribution >= 4 is 6.03 Å². The highest BCUT2D eigenvalue weighted by atomic mass is 16.2. The van der Waals surface area contributed by atoms with Gasteiger partial charge in [-0.25, -0.2) is 4.79 Å². The molecule has 1 aromatic rings. The lowest BCUT2D eigenvalue weighted by Gasteiger charge is -2.34. The summed E-state index contributed by atoms with van der Waals surface area (Å²) in [6.45, 7) is 9.14. The van der Waals surface area contributed by atoms with Crippen LogP contribution < -0.4 is 10.6 Å². The molecule has 1 aliphatic heterocycles. The SMILES string of the molecule is C[C@@H]1C[C@H](C)CN(CCNC(=O)NCc2ccccc2)C1. The van der Waals surface area contributed by atoms with E-state index < -0.39 is 0 Å². The summed E-state index contributed by atoms with van der Waals surface area (Å²) in [5.41, 5.74) is 1.12. The van der Waals surface area contributed by atoms with Crippen LogP contribution in [0.3, 0.4) is 0 Å². The van der Waals surface area contributed by atoms with Crippen LogP contribution in [0.2, 0.25) is 0 Å². The van der Waals surface area contributed by atoms with Gasteiger partial charge in [-0.3, -0.25) is 0 Å². The molecule has 21 heavy (non-hydrogen) atoms. The molecule has 0 saturated carbocycles. The van der Waals surface area contributed by atoms with Gasteiger partial charge in [-0.1, -0.05) is 44.2 Å². The number of rotatable bonds is 5. The summed E-state index contributed by atoms with van der Waals surface area (Å²) in [7, 11) is 0. The fourth-order valence-corrected chi connectivity index (χ4v) is 3.14. The Morgan fingerprint density at radius 1 is 1.14 bits per heavy atom. The quantitative estimate of drug-likeness (QED) is 0.874. The predicted octanol–water partition coefficient (Wildman–Crippen LogP) is 2.46. The van der Waals surface area contributed by atoms with Gasteiger partial charge in [-0.15, -0.1) is 0 Å². The van der Waals surface area contributed by atoms with E-state index in [-0.39, 0.29) is 6.03 Å². The fraction of sp³-hybridized carbons (Fsp3) is 0.588. The molecular weight excluding hydrogens is 262 g/mol. The van der Waals surface area contributed by atoms with E-state index in [0.29, 0.717) is 13.1 Å². The number of hydrogen-bond acceptors (Lipinski definition) is 2. The Hall–Kier alpha value is -1.55. The molecule has 0 aromatic heterocycles. The first-order chi connectivity index (χ1) is 10.1. The molecular formula is C17H27N3O. The molecule has 0 aliphatic carbocycles. The van der Waals surface area contributed by atoms with Gasteiger partial charge in [0, 0.05) is 32.7 Å². The van der Waals surface area contributed by atoms with Gasteiger partial charge >= 0.3 is 6.03 Å². The molecule has 0 spiro atoms. The number of hydrogen-bond donors (Lipinski definition) is 2. The van der Waals surface area contributed by atoms with E-state index in [2.05, 4.69) is 29.4 Å². The largest absolute Gasteiger partial charge is 0.337 e. The first kappa shape index (κ1) is 15.8. The summed E-state index contributed by atoms with van der Waals surface area (Å²) in [4.78, 5) is 14.2. The van der Waals surface area contributed by atoms with Crippen molar-refractivity contribution in [2.75, 3.05) is 26.2 Å². The Labute approximate surface area is 127 Å². The molecule has 0 radical (unpaired) electrons. The minimum Gasteiger partial charge on any atom is -0.337 e. The number of carbonyl (C=O) groups excluding carboxylic acids is 1. The van der Waals surface area contributed by atoms with E-state index in [4.69, 9.17) is 0 Å². The van der Waals surface area contributed by atoms with Crippen molar-refractivity contribution in [3.63, 3.8) is 0 Å². The molecule has 0 bridgehead atoms. The monoisotopic (exact) mass is 289 g/mol. The minimum absolute atomic E-state index is 0.0861. The molecule has 116 valence electrons. The van der Waals surface area contributed by atoms with Gasteiger partial charge in [0.05, 0.1) is 0 Å². The summed E-state index contributed by atoms with van der Waals surface area (Å²) >= 11 is 0.